The van der Waals surface area contributed by atoms with Crippen LogP contribution >= 0.6 is 11.6 Å². The van der Waals surface area contributed by atoms with Crippen molar-refractivity contribution in [2.24, 2.45) is 0 Å². The Bertz CT molecular complexity index is 312. The number of hydrogen-bond donors (Lipinski definition) is 0. The Morgan fingerprint density at radius 1 is 1.40 bits per heavy atom. The first kappa shape index (κ1) is 10.9. The van der Waals surface area contributed by atoms with Crippen molar-refractivity contribution >= 4 is 11.6 Å². The zero-order valence-corrected chi connectivity index (χ0v) is 9.70. The second-order valence-corrected chi connectivity index (χ2v) is 4.32. The summed E-state index contributed by atoms with van der Waals surface area (Å²) in [5.41, 5.74) is 1.36. The molecule has 1 aliphatic rings. The molecule has 0 bridgehead atoms. The minimum absolute atomic E-state index is 0.567. The van der Waals surface area contributed by atoms with Gasteiger partial charge in [-0.15, -0.1) is 0 Å². The summed E-state index contributed by atoms with van der Waals surface area (Å²) in [5, 5.41) is 0.807. The highest BCUT2D eigenvalue weighted by molar-refractivity contribution is 6.30. The van der Waals surface area contributed by atoms with Crippen LogP contribution in [0, 0.1) is 0 Å². The van der Waals surface area contributed by atoms with E-state index in [9.17, 15) is 0 Å². The lowest BCUT2D eigenvalue weighted by Gasteiger charge is -2.41. The molecule has 0 amide bonds. The predicted octanol–water partition coefficient (Wildman–Crippen LogP) is 2.73. The molecule has 0 aliphatic carbocycles. The van der Waals surface area contributed by atoms with Crippen molar-refractivity contribution in [2.45, 2.75) is 12.5 Å². The second kappa shape index (κ2) is 4.97. The second-order valence-electron chi connectivity index (χ2n) is 3.88. The Morgan fingerprint density at radius 3 is 2.67 bits per heavy atom. The van der Waals surface area contributed by atoms with E-state index < -0.39 is 0 Å². The van der Waals surface area contributed by atoms with E-state index in [1.54, 1.807) is 7.11 Å². The minimum Gasteiger partial charge on any atom is -0.383 e. The fourth-order valence-corrected chi connectivity index (χ4v) is 2.11. The third-order valence-electron chi connectivity index (χ3n) is 2.97. The molecule has 3 heteroatoms. The first-order valence-corrected chi connectivity index (χ1v) is 5.67. The highest BCUT2D eigenvalue weighted by Gasteiger charge is 2.28. The van der Waals surface area contributed by atoms with Gasteiger partial charge in [0.2, 0.25) is 0 Å². The fraction of sp³-hybridized carbons (Fsp3) is 0.500. The monoisotopic (exact) mass is 225 g/mol. The standard InChI is InChI=1S/C12H16ClNO/c1-15-9-8-14-7-6-12(14)10-2-4-11(13)5-3-10/h2-5,12H,6-9H2,1H3/t12-/m0/s1. The number of benzene rings is 1. The summed E-state index contributed by atoms with van der Waals surface area (Å²) in [5.74, 6) is 0. The summed E-state index contributed by atoms with van der Waals surface area (Å²) >= 11 is 5.86. The average molecular weight is 226 g/mol. The zero-order chi connectivity index (χ0) is 10.7. The Morgan fingerprint density at radius 2 is 2.13 bits per heavy atom. The molecule has 0 N–H and O–H groups in total. The molecule has 1 saturated heterocycles. The van der Waals surface area contributed by atoms with Gasteiger partial charge in [0.1, 0.15) is 0 Å². The maximum atomic E-state index is 5.86. The Labute approximate surface area is 95.8 Å². The number of likely N-dealkylation sites (tertiary alicyclic amines) is 1. The first-order valence-electron chi connectivity index (χ1n) is 5.29. The van der Waals surface area contributed by atoms with Crippen molar-refractivity contribution in [1.82, 2.24) is 4.90 Å². The number of ether oxygens (including phenoxy) is 1. The highest BCUT2D eigenvalue weighted by Crippen LogP contribution is 2.33. The van der Waals surface area contributed by atoms with Gasteiger partial charge in [0.25, 0.3) is 0 Å². The Balaban J connectivity index is 1.96. The molecule has 1 atom stereocenters. The van der Waals surface area contributed by atoms with Crippen LogP contribution in [0.3, 0.4) is 0 Å². The molecule has 2 rings (SSSR count). The quantitative estimate of drug-likeness (QED) is 0.782. The van der Waals surface area contributed by atoms with Gasteiger partial charge in [0, 0.05) is 31.3 Å². The highest BCUT2D eigenvalue weighted by atomic mass is 35.5. The lowest BCUT2D eigenvalue weighted by atomic mass is 9.95. The Hall–Kier alpha value is -0.570. The molecule has 82 valence electrons. The van der Waals surface area contributed by atoms with Crippen molar-refractivity contribution in [3.63, 3.8) is 0 Å². The van der Waals surface area contributed by atoms with Crippen LogP contribution in [0.15, 0.2) is 24.3 Å². The van der Waals surface area contributed by atoms with Crippen LogP contribution in [-0.2, 0) is 4.74 Å². The smallest absolute Gasteiger partial charge is 0.0589 e. The molecule has 1 aliphatic heterocycles. The SMILES string of the molecule is COCCN1CC[C@H]1c1ccc(Cl)cc1. The van der Waals surface area contributed by atoms with Crippen LogP contribution in [-0.4, -0.2) is 31.7 Å². The predicted molar refractivity (Wildman–Crippen MR) is 62.3 cm³/mol. The Kier molecular flexibility index (Phi) is 3.62. The third kappa shape index (κ3) is 2.51. The van der Waals surface area contributed by atoms with Gasteiger partial charge in [-0.25, -0.2) is 0 Å². The molecule has 1 heterocycles. The number of halogens is 1. The topological polar surface area (TPSA) is 12.5 Å². The van der Waals surface area contributed by atoms with E-state index >= 15 is 0 Å². The van der Waals surface area contributed by atoms with Crippen LogP contribution in [0.4, 0.5) is 0 Å². The van der Waals surface area contributed by atoms with Crippen molar-refractivity contribution in [3.05, 3.63) is 34.9 Å². The van der Waals surface area contributed by atoms with Crippen molar-refractivity contribution in [2.75, 3.05) is 26.8 Å². The third-order valence-corrected chi connectivity index (χ3v) is 3.22. The molecule has 1 aromatic carbocycles. The molecule has 0 unspecified atom stereocenters. The molecule has 0 radical (unpaired) electrons. The van der Waals surface area contributed by atoms with Gasteiger partial charge in [0.15, 0.2) is 0 Å². The number of hydrogen-bond acceptors (Lipinski definition) is 2. The molecular weight excluding hydrogens is 210 g/mol. The van der Waals surface area contributed by atoms with E-state index in [-0.39, 0.29) is 0 Å². The maximum absolute atomic E-state index is 5.86. The van der Waals surface area contributed by atoms with Gasteiger partial charge in [0.05, 0.1) is 6.61 Å². The summed E-state index contributed by atoms with van der Waals surface area (Å²) in [4.78, 5) is 2.44. The van der Waals surface area contributed by atoms with Gasteiger partial charge in [-0.05, 0) is 24.1 Å². The van der Waals surface area contributed by atoms with Crippen LogP contribution in [0.2, 0.25) is 5.02 Å². The molecule has 1 fully saturated rings. The van der Waals surface area contributed by atoms with E-state index in [4.69, 9.17) is 16.3 Å². The lowest BCUT2D eigenvalue weighted by Crippen LogP contribution is -2.42. The summed E-state index contributed by atoms with van der Waals surface area (Å²) in [6, 6.07) is 8.73. The molecular formula is C12H16ClNO. The lowest BCUT2D eigenvalue weighted by molar-refractivity contribution is 0.0552. The van der Waals surface area contributed by atoms with Crippen LogP contribution < -0.4 is 0 Å². The molecule has 0 saturated carbocycles. The number of nitrogens with zero attached hydrogens (tertiary/aromatic N) is 1. The number of methoxy groups -OCH3 is 1. The molecule has 2 nitrogen and oxygen atoms in total. The molecule has 0 spiro atoms. The van der Waals surface area contributed by atoms with Gasteiger partial charge >= 0.3 is 0 Å². The summed E-state index contributed by atoms with van der Waals surface area (Å²) in [7, 11) is 1.75. The van der Waals surface area contributed by atoms with Crippen LogP contribution in [0.1, 0.15) is 18.0 Å². The van der Waals surface area contributed by atoms with E-state index in [0.29, 0.717) is 6.04 Å². The fourth-order valence-electron chi connectivity index (χ4n) is 1.98. The molecule has 1 aromatic rings. The van der Waals surface area contributed by atoms with E-state index in [1.807, 2.05) is 12.1 Å². The van der Waals surface area contributed by atoms with Gasteiger partial charge < -0.3 is 4.74 Å². The van der Waals surface area contributed by atoms with E-state index in [1.165, 1.54) is 18.5 Å². The molecule has 15 heavy (non-hydrogen) atoms. The van der Waals surface area contributed by atoms with Crippen molar-refractivity contribution in [1.29, 1.82) is 0 Å². The largest absolute Gasteiger partial charge is 0.383 e. The first-order chi connectivity index (χ1) is 7.31. The van der Waals surface area contributed by atoms with E-state index in [2.05, 4.69) is 17.0 Å². The van der Waals surface area contributed by atoms with Gasteiger partial charge in [-0.2, -0.15) is 0 Å². The minimum atomic E-state index is 0.567. The average Bonchev–Trinajstić information content (AvgIpc) is 2.20. The van der Waals surface area contributed by atoms with Crippen LogP contribution in [0.5, 0.6) is 0 Å². The van der Waals surface area contributed by atoms with Crippen LogP contribution in [0.25, 0.3) is 0 Å². The molecule has 0 aromatic heterocycles. The normalized spacial score (nSPS) is 21.3. The number of rotatable bonds is 4. The van der Waals surface area contributed by atoms with E-state index in [0.717, 1.165) is 18.2 Å². The van der Waals surface area contributed by atoms with Crippen molar-refractivity contribution in [3.8, 4) is 0 Å². The summed E-state index contributed by atoms with van der Waals surface area (Å²) < 4.78 is 5.09. The zero-order valence-electron chi connectivity index (χ0n) is 8.95. The van der Waals surface area contributed by atoms with Crippen molar-refractivity contribution < 1.29 is 4.74 Å². The maximum Gasteiger partial charge on any atom is 0.0589 e. The summed E-state index contributed by atoms with van der Waals surface area (Å²) in [6.07, 6.45) is 1.24. The summed E-state index contributed by atoms with van der Waals surface area (Å²) in [6.45, 7) is 3.00. The van der Waals surface area contributed by atoms with Gasteiger partial charge in [-0.3, -0.25) is 4.90 Å². The van der Waals surface area contributed by atoms with Gasteiger partial charge in [-0.1, -0.05) is 23.7 Å².